The molecule has 18 nitrogen and oxygen atoms in total. The van der Waals surface area contributed by atoms with Crippen LogP contribution in [-0.2, 0) is 121 Å². The maximum Gasteiger partial charge on any atom is 1.00 e. The fourth-order valence-electron chi connectivity index (χ4n) is 0. The first-order chi connectivity index (χ1) is 12.0. The van der Waals surface area contributed by atoms with Crippen LogP contribution in [0.2, 0.25) is 0 Å². The molecule has 0 aromatic heterocycles. The zero-order valence-electron chi connectivity index (χ0n) is 51.7. The van der Waals surface area contributed by atoms with Crippen LogP contribution in [0, 0.1) is 0 Å². The van der Waals surface area contributed by atoms with E-state index in [1.807, 2.05) is 0 Å². The molecule has 0 amide bonds. The van der Waals surface area contributed by atoms with Crippen molar-refractivity contribution in [1.82, 2.24) is 0 Å². The zero-order chi connectivity index (χ0) is 27.0. The number of rotatable bonds is 0. The summed E-state index contributed by atoms with van der Waals surface area (Å²) < 4.78 is 144. The smallest absolute Gasteiger partial charge is 0.285 e. The van der Waals surface area contributed by atoms with Gasteiger partial charge in [-0.3, -0.25) is 54.6 Å². The molecule has 192 valence electrons. The van der Waals surface area contributed by atoms with Crippen molar-refractivity contribution in [2.24, 2.45) is 0 Å². The van der Waals surface area contributed by atoms with Crippen LogP contribution < -0.4 is 1150 Å². The van der Waals surface area contributed by atoms with Gasteiger partial charge in [-0.25, -0.2) is 0 Å². The maximum atomic E-state index is 9.11. The van der Waals surface area contributed by atoms with Crippen molar-refractivity contribution in [3.05, 3.63) is 0 Å². The third-order valence-corrected chi connectivity index (χ3v) is 0. The van der Waals surface area contributed by atoms with Gasteiger partial charge in [-0.15, -0.1) is 0 Å². The van der Waals surface area contributed by atoms with Crippen LogP contribution in [0.5, 0.6) is 0 Å². The SMILES string of the molecule is O=S(O)(O)=S.O=S(O)(O)=S.O=S(O)(O)=S.O=S(O)(O)=S.O=S(O)(O)=S.O=S(O)(O)=S.[Na+].[Na+].[Na+].[Na+].[Na+].[Na+].[Na+].[Na+].[Na+].[Na+].[Na+].[Na+].[Na+].[Na+].[Na+].[Na+].[Na+].[Na+].[Na+].[Na+].[Na+].[Na+].[Na+].[Na+].[Na+].[Na+].[Na+].[Na+].[Na+].[Na+].[Na+].[Na+].[Na+].[Na+].[Na+].[Na+].[Na+].[Na+].[Na+]. The Hall–Kier alpha value is 40.7. The molecule has 0 radical (unpaired) electrons. The zero-order valence-corrected chi connectivity index (χ0v) is 140. The summed E-state index contributed by atoms with van der Waals surface area (Å²) in [7, 11) is -23.0. The first kappa shape index (κ1) is 310. The van der Waals surface area contributed by atoms with Crippen molar-refractivity contribution in [2.45, 2.75) is 0 Å². The van der Waals surface area contributed by atoms with E-state index in [0.717, 1.165) is 0 Å². The summed E-state index contributed by atoms with van der Waals surface area (Å²) in [5.41, 5.74) is 0. The van der Waals surface area contributed by atoms with Gasteiger partial charge in [0.2, 0.25) is 0 Å². The van der Waals surface area contributed by atoms with Crippen LogP contribution in [-0.4, -0.2) is 79.9 Å². The standard InChI is InChI=1S/39Na.6H2O3S2/c;;;;;;;;;;;;;;;;;;;;;;;;;;;;;;;;;;;;;;;6*1-5(2,3)4/h;;;;;;;;;;;;;;;;;;;;;;;;;;;;;;;;;;;;;;;6*(H2,1,2,3,4)/q39*+1;;;;;;. The van der Waals surface area contributed by atoms with Crippen LogP contribution in [0.3, 0.4) is 0 Å². The Kier molecular flexibility index (Phi) is 962. The van der Waals surface area contributed by atoms with Crippen molar-refractivity contribution < 1.29 is 1230 Å². The molecule has 0 aliphatic rings. The van der Waals surface area contributed by atoms with E-state index in [-0.39, 0.29) is 1150 Å². The second-order valence-corrected chi connectivity index (χ2v) is 15.9. The van der Waals surface area contributed by atoms with Crippen LogP contribution in [0.15, 0.2) is 0 Å². The van der Waals surface area contributed by atoms with Gasteiger partial charge in [0.15, 0.2) is 0 Å². The molecule has 12 N–H and O–H groups in total. The molecule has 0 saturated heterocycles. The Morgan fingerprint density at radius 1 is 0.130 bits per heavy atom. The van der Waals surface area contributed by atoms with E-state index in [2.05, 4.69) is 67.1 Å². The summed E-state index contributed by atoms with van der Waals surface area (Å²) in [5.74, 6) is 0. The summed E-state index contributed by atoms with van der Waals surface area (Å²) in [6.45, 7) is 0. The quantitative estimate of drug-likeness (QED) is 0.100. The third kappa shape index (κ3) is 746. The van der Waals surface area contributed by atoms with E-state index >= 15 is 0 Å². The summed E-state index contributed by atoms with van der Waals surface area (Å²) in [6.07, 6.45) is 0. The number of hydrogen-bond acceptors (Lipinski definition) is 12. The Morgan fingerprint density at radius 2 is 0.130 bits per heavy atom. The van der Waals surface area contributed by atoms with Gasteiger partial charge in [0.25, 0.3) is 54.3 Å². The molecule has 69 heavy (non-hydrogen) atoms. The van der Waals surface area contributed by atoms with Gasteiger partial charge >= 0.3 is 1150 Å². The summed E-state index contributed by atoms with van der Waals surface area (Å²) in [5, 5.41) is 0. The molecule has 69 heteroatoms. The van der Waals surface area contributed by atoms with Gasteiger partial charge in [0, 0.05) is 67.1 Å². The largest absolute Gasteiger partial charge is 1.00 e. The third-order valence-electron chi connectivity index (χ3n) is 0. The Balaban J connectivity index is -0.00000000209. The molecule has 0 saturated carbocycles. The normalized spacial score (nSPS) is 5.04. The minimum absolute atomic E-state index is 0. The Labute approximate surface area is 1310 Å². The monoisotopic (exact) mass is 1580 g/mol. The van der Waals surface area contributed by atoms with Gasteiger partial charge in [-0.05, 0) is 0 Å². The van der Waals surface area contributed by atoms with Crippen molar-refractivity contribution in [3.8, 4) is 0 Å². The predicted octanol–water partition coefficient (Wildman–Crippen LogP) is -119. The maximum absolute atomic E-state index is 9.11. The van der Waals surface area contributed by atoms with E-state index < -0.39 is 54.3 Å². The van der Waals surface area contributed by atoms with Gasteiger partial charge in [-0.1, -0.05) is 0 Å². The van der Waals surface area contributed by atoms with Gasteiger partial charge in [0.1, 0.15) is 0 Å². The van der Waals surface area contributed by atoms with Crippen LogP contribution in [0.1, 0.15) is 0 Å². The van der Waals surface area contributed by atoms with Crippen LogP contribution in [0.4, 0.5) is 0 Å². The van der Waals surface area contributed by atoms with Gasteiger partial charge < -0.3 is 0 Å². The molecule has 0 fully saturated rings. The minimum atomic E-state index is -3.83. The summed E-state index contributed by atoms with van der Waals surface area (Å²) in [4.78, 5) is 0. The van der Waals surface area contributed by atoms with Crippen molar-refractivity contribution in [3.63, 3.8) is 0 Å². The molecule has 0 aromatic rings. The molecule has 0 rings (SSSR count). The fraction of sp³-hybridized carbons (Fsp3) is 0. The molecule has 0 heterocycles. The molecular weight excluding hydrogens is 1570 g/mol. The Bertz CT molecular complexity index is 829. The van der Waals surface area contributed by atoms with Gasteiger partial charge in [-0.2, -0.15) is 25.3 Å². The van der Waals surface area contributed by atoms with E-state index in [1.165, 1.54) is 0 Å². The fourth-order valence-corrected chi connectivity index (χ4v) is 0. The first-order valence-corrected chi connectivity index (χ1v) is 18.6. The van der Waals surface area contributed by atoms with E-state index in [1.54, 1.807) is 0 Å². The van der Waals surface area contributed by atoms with Crippen LogP contribution in [0.25, 0.3) is 0 Å². The first-order valence-electron chi connectivity index (χ1n) is 4.19. The number of hydrogen-bond donors (Lipinski definition) is 12. The van der Waals surface area contributed by atoms with Crippen molar-refractivity contribution in [2.75, 3.05) is 0 Å². The average molecular weight is 1580 g/mol. The molecule has 0 spiro atoms. The van der Waals surface area contributed by atoms with Crippen LogP contribution >= 0.6 is 0 Å². The van der Waals surface area contributed by atoms with E-state index in [0.29, 0.717) is 0 Å². The second kappa shape index (κ2) is 214. The molecule has 0 aliphatic heterocycles. The molecule has 0 unspecified atom stereocenters. The second-order valence-electron chi connectivity index (χ2n) is 2.69. The van der Waals surface area contributed by atoms with Crippen molar-refractivity contribution in [1.29, 1.82) is 0 Å². The predicted molar refractivity (Wildman–Crippen MR) is 125 cm³/mol. The summed E-state index contributed by atoms with van der Waals surface area (Å²) >= 11 is 20.8. The van der Waals surface area contributed by atoms with E-state index in [4.69, 9.17) is 79.9 Å². The summed E-state index contributed by atoms with van der Waals surface area (Å²) in [6, 6.07) is 0. The molecule has 0 aromatic carbocycles. The van der Waals surface area contributed by atoms with Crippen molar-refractivity contribution >= 4 is 121 Å². The van der Waals surface area contributed by atoms with Gasteiger partial charge in [0.05, 0.1) is 0 Å². The molecule has 0 bridgehead atoms. The average Bonchev–Trinajstić information content (AvgIpc) is 1.94. The van der Waals surface area contributed by atoms with E-state index in [9.17, 15) is 0 Å². The Morgan fingerprint density at radius 3 is 0.130 bits per heavy atom. The minimum Gasteiger partial charge on any atom is -0.285 e. The molecule has 0 atom stereocenters. The molecule has 0 aliphatic carbocycles. The molecular formula is H12Na39O18S12+39. The topological polar surface area (TPSA) is 345 Å².